The number of fused-ring (bicyclic) bond motifs is 2. The van der Waals surface area contributed by atoms with E-state index >= 15 is 0 Å². The van der Waals surface area contributed by atoms with Crippen molar-refractivity contribution < 1.29 is 23.4 Å². The highest BCUT2D eigenvalue weighted by atomic mass is 19.1. The molecule has 2 saturated heterocycles. The number of likely N-dealkylation sites (tertiary alicyclic amines) is 1. The summed E-state index contributed by atoms with van der Waals surface area (Å²) in [4.78, 5) is 33.5. The van der Waals surface area contributed by atoms with E-state index in [-0.39, 0.29) is 24.5 Å². The van der Waals surface area contributed by atoms with Crippen molar-refractivity contribution in [3.63, 3.8) is 0 Å². The van der Waals surface area contributed by atoms with E-state index in [1.165, 1.54) is 6.07 Å². The lowest BCUT2D eigenvalue weighted by molar-refractivity contribution is -0.0592. The summed E-state index contributed by atoms with van der Waals surface area (Å²) in [6, 6.07) is 14.4. The van der Waals surface area contributed by atoms with Crippen LogP contribution in [0.5, 0.6) is 5.88 Å². The second-order valence-corrected chi connectivity index (χ2v) is 13.4. The van der Waals surface area contributed by atoms with E-state index in [4.69, 9.17) is 24.2 Å². The molecule has 1 atom stereocenters. The summed E-state index contributed by atoms with van der Waals surface area (Å²) in [5, 5.41) is 0. The van der Waals surface area contributed by atoms with Gasteiger partial charge in [-0.3, -0.25) is 14.9 Å². The lowest BCUT2D eigenvalue weighted by atomic mass is 9.93. The fourth-order valence-corrected chi connectivity index (χ4v) is 6.21. The van der Waals surface area contributed by atoms with Crippen LogP contribution >= 0.6 is 0 Å². The fourth-order valence-electron chi connectivity index (χ4n) is 6.21. The van der Waals surface area contributed by atoms with Crippen molar-refractivity contribution in [3.05, 3.63) is 89.4 Å². The maximum Gasteiger partial charge on any atom is 0.338 e. The number of hydrogen-bond acceptors (Lipinski definition) is 9. The highest BCUT2D eigenvalue weighted by Crippen LogP contribution is 2.30. The number of ether oxygens (including phenoxy) is 3. The molecule has 7 rings (SSSR count). The number of piperidine rings is 1. The fraction of sp³-hybridized carbons (Fsp3) is 0.417. The van der Waals surface area contributed by atoms with Gasteiger partial charge in [0.1, 0.15) is 23.8 Å². The molecule has 0 bridgehead atoms. The Morgan fingerprint density at radius 2 is 1.74 bits per heavy atom. The Hall–Kier alpha value is -4.48. The minimum Gasteiger partial charge on any atom is -0.473 e. The molecule has 10 nitrogen and oxygen atoms in total. The third kappa shape index (κ3) is 7.11. The van der Waals surface area contributed by atoms with Gasteiger partial charge in [0, 0.05) is 48.3 Å². The Balaban J connectivity index is 1.01. The highest BCUT2D eigenvalue weighted by Gasteiger charge is 2.27. The van der Waals surface area contributed by atoms with Crippen LogP contribution in [0.25, 0.3) is 22.1 Å². The van der Waals surface area contributed by atoms with Gasteiger partial charge in [0.05, 0.1) is 46.8 Å². The van der Waals surface area contributed by atoms with Crippen LogP contribution in [-0.4, -0.2) is 66.8 Å². The first-order valence-corrected chi connectivity index (χ1v) is 16.2. The predicted molar refractivity (Wildman–Crippen MR) is 175 cm³/mol. The monoisotopic (exact) mass is 638 g/mol. The molecule has 0 N–H and O–H groups in total. The van der Waals surface area contributed by atoms with Gasteiger partial charge in [-0.1, -0.05) is 6.07 Å². The molecule has 244 valence electrons. The van der Waals surface area contributed by atoms with Crippen molar-refractivity contribution in [3.8, 4) is 5.88 Å². The van der Waals surface area contributed by atoms with Crippen molar-refractivity contribution in [1.82, 2.24) is 29.4 Å². The van der Waals surface area contributed by atoms with Crippen LogP contribution in [0.1, 0.15) is 73.4 Å². The first-order valence-electron chi connectivity index (χ1n) is 16.2. The number of carbonyl (C=O) groups excluding carboxylic acids is 1. The van der Waals surface area contributed by atoms with Crippen LogP contribution in [0.4, 0.5) is 4.39 Å². The van der Waals surface area contributed by atoms with Gasteiger partial charge in [0.25, 0.3) is 0 Å². The van der Waals surface area contributed by atoms with Gasteiger partial charge in [-0.25, -0.2) is 19.2 Å². The largest absolute Gasteiger partial charge is 0.473 e. The average molecular weight is 639 g/mol. The second-order valence-electron chi connectivity index (χ2n) is 13.4. The molecule has 5 heterocycles. The molecule has 0 spiro atoms. The van der Waals surface area contributed by atoms with Crippen molar-refractivity contribution >= 4 is 28.0 Å². The average Bonchev–Trinajstić information content (AvgIpc) is 3.37. The maximum absolute atomic E-state index is 14.7. The third-order valence-electron chi connectivity index (χ3n) is 8.77. The summed E-state index contributed by atoms with van der Waals surface area (Å²) in [5.74, 6) is 1.02. The van der Waals surface area contributed by atoms with E-state index < -0.39 is 5.60 Å². The lowest BCUT2D eigenvalue weighted by Gasteiger charge is -2.32. The van der Waals surface area contributed by atoms with Gasteiger partial charge in [-0.2, -0.15) is 0 Å². The molecular formula is C36H39FN6O4. The molecule has 0 radical (unpaired) electrons. The Morgan fingerprint density at radius 1 is 0.979 bits per heavy atom. The van der Waals surface area contributed by atoms with E-state index in [9.17, 15) is 9.18 Å². The summed E-state index contributed by atoms with van der Waals surface area (Å²) >= 11 is 0. The van der Waals surface area contributed by atoms with Crippen molar-refractivity contribution in [1.29, 1.82) is 0 Å². The third-order valence-corrected chi connectivity index (χ3v) is 8.77. The number of halogens is 1. The molecule has 0 amide bonds. The molecule has 5 aromatic rings. The molecule has 0 saturated carbocycles. The number of imidazole rings is 1. The number of aromatic nitrogens is 5. The van der Waals surface area contributed by atoms with E-state index in [1.807, 2.05) is 51.1 Å². The number of benzene rings is 2. The normalized spacial score (nSPS) is 17.6. The number of pyridine rings is 1. The zero-order valence-electron chi connectivity index (χ0n) is 27.0. The van der Waals surface area contributed by atoms with Crippen molar-refractivity contribution in [2.75, 3.05) is 19.7 Å². The number of nitrogens with zero attached hydrogens (tertiary/aromatic N) is 6. The summed E-state index contributed by atoms with van der Waals surface area (Å²) in [6.07, 6.45) is 6.19. The van der Waals surface area contributed by atoms with Crippen LogP contribution in [-0.2, 0) is 29.2 Å². The second kappa shape index (κ2) is 13.0. The molecule has 2 aliphatic rings. The summed E-state index contributed by atoms with van der Waals surface area (Å²) in [7, 11) is 0. The zero-order valence-corrected chi connectivity index (χ0v) is 27.0. The molecule has 2 aliphatic heterocycles. The van der Waals surface area contributed by atoms with Gasteiger partial charge in [0.15, 0.2) is 0 Å². The zero-order chi connectivity index (χ0) is 32.5. The van der Waals surface area contributed by atoms with E-state index in [0.29, 0.717) is 47.0 Å². The molecule has 47 heavy (non-hydrogen) atoms. The van der Waals surface area contributed by atoms with E-state index in [1.54, 1.807) is 24.5 Å². The van der Waals surface area contributed by atoms with E-state index in [2.05, 4.69) is 19.4 Å². The molecule has 2 aromatic carbocycles. The van der Waals surface area contributed by atoms with Crippen LogP contribution in [0, 0.1) is 5.82 Å². The standard InChI is InChI=1S/C36H39FN6O4/c1-36(2,3)47-35(44)24-7-8-29-32(18-24)43(20-26-11-16-45-26)33(40-29)21-42-14-9-23(10-15-42)28-5-4-6-34(41-28)46-22-25-17-30-31(19-27(25)37)39-13-12-38-30/h4-8,12-13,17-19,23,26H,9-11,14-16,20-22H2,1-3H3/t26-/m0/s1. The first kappa shape index (κ1) is 31.1. The Kier molecular flexibility index (Phi) is 8.59. The Bertz CT molecular complexity index is 1910. The highest BCUT2D eigenvalue weighted by molar-refractivity contribution is 5.94. The van der Waals surface area contributed by atoms with Crippen molar-refractivity contribution in [2.45, 2.75) is 77.4 Å². The van der Waals surface area contributed by atoms with E-state index in [0.717, 1.165) is 61.5 Å². The maximum atomic E-state index is 14.7. The minimum atomic E-state index is -0.569. The number of esters is 1. The molecule has 11 heteroatoms. The number of carbonyl (C=O) groups is 1. The quantitative estimate of drug-likeness (QED) is 0.174. The Morgan fingerprint density at radius 3 is 2.47 bits per heavy atom. The van der Waals surface area contributed by atoms with Gasteiger partial charge in [0.2, 0.25) is 5.88 Å². The summed E-state index contributed by atoms with van der Waals surface area (Å²) < 4.78 is 34.2. The number of hydrogen-bond donors (Lipinski definition) is 0. The lowest BCUT2D eigenvalue weighted by Crippen LogP contribution is -2.35. The Labute approximate surface area is 272 Å². The summed E-state index contributed by atoms with van der Waals surface area (Å²) in [5.41, 5.74) is 4.26. The smallest absolute Gasteiger partial charge is 0.338 e. The van der Waals surface area contributed by atoms with Crippen LogP contribution in [0.3, 0.4) is 0 Å². The molecule has 2 fully saturated rings. The van der Waals surface area contributed by atoms with Gasteiger partial charge in [-0.15, -0.1) is 0 Å². The first-order chi connectivity index (χ1) is 22.7. The van der Waals surface area contributed by atoms with Gasteiger partial charge >= 0.3 is 5.97 Å². The van der Waals surface area contributed by atoms with Crippen LogP contribution in [0.15, 0.2) is 60.9 Å². The molecule has 0 aliphatic carbocycles. The summed E-state index contributed by atoms with van der Waals surface area (Å²) in [6.45, 7) is 9.64. The number of rotatable bonds is 9. The predicted octanol–water partition coefficient (Wildman–Crippen LogP) is 6.22. The molecule has 0 unspecified atom stereocenters. The van der Waals surface area contributed by atoms with Gasteiger partial charge < -0.3 is 18.8 Å². The van der Waals surface area contributed by atoms with Crippen molar-refractivity contribution in [2.24, 2.45) is 0 Å². The molecule has 3 aromatic heterocycles. The van der Waals surface area contributed by atoms with Gasteiger partial charge in [-0.05, 0) is 83.5 Å². The minimum absolute atomic E-state index is 0.0550. The van der Waals surface area contributed by atoms with Crippen LogP contribution in [0.2, 0.25) is 0 Å². The molecular weight excluding hydrogens is 599 g/mol. The topological polar surface area (TPSA) is 104 Å². The SMILES string of the molecule is CC(C)(C)OC(=O)c1ccc2nc(CN3CCC(c4cccc(OCc5cc6nccnc6cc5F)n4)CC3)n(C[C@@H]3CCO3)c2c1. The van der Waals surface area contributed by atoms with Crippen LogP contribution < -0.4 is 4.74 Å².